The van der Waals surface area contributed by atoms with Crippen LogP contribution in [0.25, 0.3) is 11.4 Å². The van der Waals surface area contributed by atoms with E-state index in [9.17, 15) is 9.59 Å². The smallest absolute Gasteiger partial charge is 0.321 e. The van der Waals surface area contributed by atoms with Crippen molar-refractivity contribution in [1.29, 1.82) is 0 Å². The maximum Gasteiger partial charge on any atom is 0.321 e. The van der Waals surface area contributed by atoms with E-state index in [1.807, 2.05) is 23.6 Å². The van der Waals surface area contributed by atoms with Gasteiger partial charge in [0, 0.05) is 18.7 Å². The van der Waals surface area contributed by atoms with Gasteiger partial charge >= 0.3 is 6.03 Å². The molecule has 1 aromatic carbocycles. The van der Waals surface area contributed by atoms with Gasteiger partial charge in [-0.2, -0.15) is 0 Å². The average Bonchev–Trinajstić information content (AvgIpc) is 3.09. The van der Waals surface area contributed by atoms with Gasteiger partial charge < -0.3 is 5.32 Å². The van der Waals surface area contributed by atoms with Crippen LogP contribution in [0.5, 0.6) is 0 Å². The highest BCUT2D eigenvalue weighted by atomic mass is 32.2. The van der Waals surface area contributed by atoms with Gasteiger partial charge in [-0.05, 0) is 17.4 Å². The summed E-state index contributed by atoms with van der Waals surface area (Å²) in [6.07, 6.45) is 3.62. The topological polar surface area (TPSA) is 88.9 Å². The van der Waals surface area contributed by atoms with Crippen molar-refractivity contribution in [2.24, 2.45) is 0 Å². The van der Waals surface area contributed by atoms with Gasteiger partial charge in [0.25, 0.3) is 0 Å². The number of carbonyl (C=O) groups is 2. The average molecular weight is 430 g/mol. The number of hydrogen-bond acceptors (Lipinski definition) is 5. The zero-order valence-electron chi connectivity index (χ0n) is 18.2. The first-order valence-electron chi connectivity index (χ1n) is 10.1. The first-order chi connectivity index (χ1) is 14.3. The fourth-order valence-electron chi connectivity index (χ4n) is 2.74. The normalized spacial score (nSPS) is 11.2. The third kappa shape index (κ3) is 6.73. The number of nitrogens with zero attached hydrogens (tertiary/aromatic N) is 3. The second kappa shape index (κ2) is 11.0. The number of amides is 3. The number of thioether (sulfide) groups is 1. The predicted molar refractivity (Wildman–Crippen MR) is 122 cm³/mol. The van der Waals surface area contributed by atoms with Crippen LogP contribution in [0.4, 0.5) is 4.79 Å². The lowest BCUT2D eigenvalue weighted by atomic mass is 9.87. The van der Waals surface area contributed by atoms with Gasteiger partial charge in [0.1, 0.15) is 0 Å². The van der Waals surface area contributed by atoms with E-state index in [1.54, 1.807) is 6.08 Å². The van der Waals surface area contributed by atoms with E-state index >= 15 is 0 Å². The summed E-state index contributed by atoms with van der Waals surface area (Å²) in [5.74, 6) is 0.410. The number of carbonyl (C=O) groups excluding carboxylic acids is 2. The standard InChI is InChI=1S/C22H31N5O2S/c1-6-8-13-23-20(29)24-18(28)15-30-21-26-25-19(27(21)14-7-2)16-9-11-17(12-10-16)22(3,4)5/h7,9-12H,2,6,8,13-15H2,1,3-5H3,(H2,23,24,28,29). The Balaban J connectivity index is 2.06. The molecule has 30 heavy (non-hydrogen) atoms. The molecular weight excluding hydrogens is 398 g/mol. The monoisotopic (exact) mass is 429 g/mol. The van der Waals surface area contributed by atoms with Crippen LogP contribution in [0.2, 0.25) is 0 Å². The summed E-state index contributed by atoms with van der Waals surface area (Å²) >= 11 is 1.24. The number of urea groups is 1. The number of unbranched alkanes of at least 4 members (excludes halogenated alkanes) is 1. The molecule has 2 N–H and O–H groups in total. The van der Waals surface area contributed by atoms with Gasteiger partial charge in [0.2, 0.25) is 5.91 Å². The molecule has 0 aliphatic heterocycles. The molecule has 0 fully saturated rings. The zero-order chi connectivity index (χ0) is 22.1. The Hall–Kier alpha value is -2.61. The van der Waals surface area contributed by atoms with Crippen molar-refractivity contribution in [3.8, 4) is 11.4 Å². The van der Waals surface area contributed by atoms with Gasteiger partial charge in [0.15, 0.2) is 11.0 Å². The Labute approximate surface area is 182 Å². The number of nitrogens with one attached hydrogen (secondary N) is 2. The Morgan fingerprint density at radius 1 is 1.20 bits per heavy atom. The Bertz CT molecular complexity index is 869. The number of rotatable bonds is 9. The molecule has 0 aliphatic rings. The van der Waals surface area contributed by atoms with Crippen molar-refractivity contribution in [2.45, 2.75) is 57.7 Å². The minimum atomic E-state index is -0.471. The van der Waals surface area contributed by atoms with Gasteiger partial charge in [-0.3, -0.25) is 14.7 Å². The second-order valence-electron chi connectivity index (χ2n) is 7.98. The highest BCUT2D eigenvalue weighted by Crippen LogP contribution is 2.27. The van der Waals surface area contributed by atoms with Crippen molar-refractivity contribution in [3.05, 3.63) is 42.5 Å². The SMILES string of the molecule is C=CCn1c(SCC(=O)NC(=O)NCCCC)nnc1-c1ccc(C(C)(C)C)cc1. The van der Waals surface area contributed by atoms with Crippen LogP contribution >= 0.6 is 11.8 Å². The van der Waals surface area contributed by atoms with Crippen molar-refractivity contribution in [1.82, 2.24) is 25.4 Å². The number of hydrogen-bond donors (Lipinski definition) is 2. The molecule has 0 spiro atoms. The van der Waals surface area contributed by atoms with E-state index in [1.165, 1.54) is 17.3 Å². The highest BCUT2D eigenvalue weighted by molar-refractivity contribution is 7.99. The zero-order valence-corrected chi connectivity index (χ0v) is 19.0. The van der Waals surface area contributed by atoms with Crippen LogP contribution in [0.15, 0.2) is 42.1 Å². The highest BCUT2D eigenvalue weighted by Gasteiger charge is 2.17. The van der Waals surface area contributed by atoms with E-state index in [0.717, 1.165) is 24.2 Å². The third-order valence-corrected chi connectivity index (χ3v) is 5.41. The maximum atomic E-state index is 12.1. The summed E-state index contributed by atoms with van der Waals surface area (Å²) in [5.41, 5.74) is 2.26. The molecule has 1 heterocycles. The quantitative estimate of drug-likeness (QED) is 0.355. The molecule has 2 aromatic rings. The summed E-state index contributed by atoms with van der Waals surface area (Å²) in [7, 11) is 0. The molecule has 7 nitrogen and oxygen atoms in total. The molecule has 1 aromatic heterocycles. The van der Waals surface area contributed by atoms with Gasteiger partial charge in [0.05, 0.1) is 5.75 Å². The number of aromatic nitrogens is 3. The Morgan fingerprint density at radius 3 is 2.50 bits per heavy atom. The van der Waals surface area contributed by atoms with Gasteiger partial charge in [-0.1, -0.05) is 76.2 Å². The lowest BCUT2D eigenvalue weighted by molar-refractivity contribution is -0.117. The molecule has 3 amide bonds. The number of imide groups is 1. The summed E-state index contributed by atoms with van der Waals surface area (Å²) in [5, 5.41) is 14.2. The van der Waals surface area contributed by atoms with E-state index < -0.39 is 6.03 Å². The molecule has 0 bridgehead atoms. The Kier molecular flexibility index (Phi) is 8.65. The van der Waals surface area contributed by atoms with E-state index in [2.05, 4.69) is 60.3 Å². The van der Waals surface area contributed by atoms with Crippen molar-refractivity contribution in [2.75, 3.05) is 12.3 Å². The lowest BCUT2D eigenvalue weighted by Gasteiger charge is -2.19. The summed E-state index contributed by atoms with van der Waals surface area (Å²) in [6.45, 7) is 13.4. The Morgan fingerprint density at radius 2 is 1.90 bits per heavy atom. The number of benzene rings is 1. The molecule has 0 saturated heterocycles. The van der Waals surface area contributed by atoms with E-state index in [0.29, 0.717) is 18.2 Å². The molecule has 0 atom stereocenters. The van der Waals surface area contributed by atoms with Crippen LogP contribution in [-0.2, 0) is 16.8 Å². The summed E-state index contributed by atoms with van der Waals surface area (Å²) < 4.78 is 1.92. The van der Waals surface area contributed by atoms with Crippen LogP contribution in [0, 0.1) is 0 Å². The fraction of sp³-hybridized carbons (Fsp3) is 0.455. The maximum absolute atomic E-state index is 12.1. The van der Waals surface area contributed by atoms with Crippen LogP contribution in [0.3, 0.4) is 0 Å². The van der Waals surface area contributed by atoms with E-state index in [4.69, 9.17) is 0 Å². The summed E-state index contributed by atoms with van der Waals surface area (Å²) in [6, 6.07) is 7.79. The van der Waals surface area contributed by atoms with Crippen LogP contribution in [0.1, 0.15) is 46.1 Å². The molecule has 0 radical (unpaired) electrons. The molecule has 0 unspecified atom stereocenters. The van der Waals surface area contributed by atoms with Crippen LogP contribution < -0.4 is 10.6 Å². The second-order valence-corrected chi connectivity index (χ2v) is 8.92. The first-order valence-corrected chi connectivity index (χ1v) is 11.1. The fourth-order valence-corrected chi connectivity index (χ4v) is 3.49. The molecule has 0 saturated carbocycles. The van der Waals surface area contributed by atoms with Crippen molar-refractivity contribution in [3.63, 3.8) is 0 Å². The first kappa shape index (κ1) is 23.7. The van der Waals surface area contributed by atoms with Crippen molar-refractivity contribution >= 4 is 23.7 Å². The predicted octanol–water partition coefficient (Wildman–Crippen LogP) is 4.15. The van der Waals surface area contributed by atoms with Gasteiger partial charge in [-0.25, -0.2) is 4.79 Å². The lowest BCUT2D eigenvalue weighted by Crippen LogP contribution is -2.40. The largest absolute Gasteiger partial charge is 0.338 e. The van der Waals surface area contributed by atoms with Crippen LogP contribution in [-0.4, -0.2) is 39.0 Å². The molecule has 162 valence electrons. The molecule has 8 heteroatoms. The number of allylic oxidation sites excluding steroid dienone is 1. The van der Waals surface area contributed by atoms with Gasteiger partial charge in [-0.15, -0.1) is 16.8 Å². The molecule has 2 rings (SSSR count). The third-order valence-electron chi connectivity index (χ3n) is 4.44. The van der Waals surface area contributed by atoms with Crippen molar-refractivity contribution < 1.29 is 9.59 Å². The molecular formula is C22H31N5O2S. The molecule has 0 aliphatic carbocycles. The summed E-state index contributed by atoms with van der Waals surface area (Å²) in [4.78, 5) is 23.8. The minimum absolute atomic E-state index is 0.0689. The van der Waals surface area contributed by atoms with E-state index in [-0.39, 0.29) is 17.1 Å². The minimum Gasteiger partial charge on any atom is -0.338 e.